The number of halogens is 1. The molecule has 2 aromatic heterocycles. The molecule has 2 heterocycles. The van der Waals surface area contributed by atoms with Gasteiger partial charge >= 0.3 is 5.97 Å². The predicted octanol–water partition coefficient (Wildman–Crippen LogP) is 3.49. The molecule has 0 aliphatic carbocycles. The molecule has 6 heteroatoms. The second kappa shape index (κ2) is 6.82. The summed E-state index contributed by atoms with van der Waals surface area (Å²) in [6.45, 7) is 3.30. The van der Waals surface area contributed by atoms with E-state index in [1.807, 2.05) is 0 Å². The molecule has 0 unspecified atom stereocenters. The highest BCUT2D eigenvalue weighted by atomic mass is 35.5. The SMILES string of the molecule is CC(C)(Sc1ccncc1C#Cc1ccncc1Cl)C(=O)O. The summed E-state index contributed by atoms with van der Waals surface area (Å²) >= 11 is 7.25. The highest BCUT2D eigenvalue weighted by Crippen LogP contribution is 2.34. The van der Waals surface area contributed by atoms with Gasteiger partial charge in [0.1, 0.15) is 4.75 Å². The molecule has 4 nitrogen and oxygen atoms in total. The van der Waals surface area contributed by atoms with Crippen molar-refractivity contribution in [2.24, 2.45) is 0 Å². The van der Waals surface area contributed by atoms with Crippen LogP contribution in [0.2, 0.25) is 5.02 Å². The lowest BCUT2D eigenvalue weighted by molar-refractivity contribution is -0.138. The van der Waals surface area contributed by atoms with Gasteiger partial charge in [0.05, 0.1) is 10.6 Å². The molecule has 0 aromatic carbocycles. The third-order valence-corrected chi connectivity index (χ3v) is 4.33. The number of carboxylic acids is 1. The molecule has 112 valence electrons. The van der Waals surface area contributed by atoms with Crippen molar-refractivity contribution in [3.63, 3.8) is 0 Å². The molecule has 0 atom stereocenters. The van der Waals surface area contributed by atoms with Crippen LogP contribution in [0.5, 0.6) is 0 Å². The number of hydrogen-bond acceptors (Lipinski definition) is 4. The highest BCUT2D eigenvalue weighted by Gasteiger charge is 2.29. The minimum Gasteiger partial charge on any atom is -0.480 e. The van der Waals surface area contributed by atoms with E-state index in [0.29, 0.717) is 16.1 Å². The molecule has 0 radical (unpaired) electrons. The molecule has 0 bridgehead atoms. The van der Waals surface area contributed by atoms with Gasteiger partial charge in [-0.3, -0.25) is 14.8 Å². The zero-order valence-corrected chi connectivity index (χ0v) is 13.6. The van der Waals surface area contributed by atoms with E-state index in [9.17, 15) is 9.90 Å². The third-order valence-electron chi connectivity index (χ3n) is 2.77. The van der Waals surface area contributed by atoms with E-state index in [2.05, 4.69) is 21.8 Å². The molecule has 2 aromatic rings. The molecule has 0 aliphatic rings. The predicted molar refractivity (Wildman–Crippen MR) is 87.0 cm³/mol. The first kappa shape index (κ1) is 16.3. The number of pyridine rings is 2. The third kappa shape index (κ3) is 4.00. The van der Waals surface area contributed by atoms with Crippen molar-refractivity contribution < 1.29 is 9.90 Å². The Morgan fingerprint density at radius 3 is 2.50 bits per heavy atom. The van der Waals surface area contributed by atoms with Crippen LogP contribution in [-0.2, 0) is 4.79 Å². The summed E-state index contributed by atoms with van der Waals surface area (Å²) in [6, 6.07) is 3.48. The van der Waals surface area contributed by atoms with E-state index in [1.165, 1.54) is 18.0 Å². The average molecular weight is 333 g/mol. The molecule has 0 spiro atoms. The van der Waals surface area contributed by atoms with Gasteiger partial charge in [-0.15, -0.1) is 11.8 Å². The quantitative estimate of drug-likeness (QED) is 0.688. The second-order valence-electron chi connectivity index (χ2n) is 4.89. The van der Waals surface area contributed by atoms with Crippen LogP contribution in [0.4, 0.5) is 0 Å². The van der Waals surface area contributed by atoms with E-state index in [0.717, 1.165) is 4.90 Å². The van der Waals surface area contributed by atoms with Crippen LogP contribution >= 0.6 is 23.4 Å². The van der Waals surface area contributed by atoms with Gasteiger partial charge in [0.2, 0.25) is 0 Å². The number of thioether (sulfide) groups is 1. The molecule has 0 aliphatic heterocycles. The maximum atomic E-state index is 11.3. The van der Waals surface area contributed by atoms with Crippen LogP contribution in [0.25, 0.3) is 0 Å². The minimum absolute atomic E-state index is 0.471. The molecule has 2 rings (SSSR count). The number of carboxylic acid groups (broad SMARTS) is 1. The van der Waals surface area contributed by atoms with Gasteiger partial charge in [0.15, 0.2) is 0 Å². The van der Waals surface area contributed by atoms with Crippen LogP contribution in [0.1, 0.15) is 25.0 Å². The van der Waals surface area contributed by atoms with E-state index in [4.69, 9.17) is 11.6 Å². The molecule has 0 fully saturated rings. The van der Waals surface area contributed by atoms with Crippen molar-refractivity contribution in [2.45, 2.75) is 23.5 Å². The summed E-state index contributed by atoms with van der Waals surface area (Å²) in [5.74, 6) is 5.07. The van der Waals surface area contributed by atoms with Crippen molar-refractivity contribution in [1.29, 1.82) is 0 Å². The first-order valence-corrected chi connectivity index (χ1v) is 7.57. The number of rotatable bonds is 3. The summed E-state index contributed by atoms with van der Waals surface area (Å²) in [4.78, 5) is 20.0. The van der Waals surface area contributed by atoms with Crippen LogP contribution in [0, 0.1) is 11.8 Å². The van der Waals surface area contributed by atoms with E-state index >= 15 is 0 Å². The lowest BCUT2D eigenvalue weighted by Crippen LogP contribution is -2.27. The van der Waals surface area contributed by atoms with Gasteiger partial charge in [-0.05, 0) is 26.0 Å². The van der Waals surface area contributed by atoms with E-state index < -0.39 is 10.7 Å². The van der Waals surface area contributed by atoms with Crippen LogP contribution in [0.15, 0.2) is 41.8 Å². The summed E-state index contributed by atoms with van der Waals surface area (Å²) in [5.41, 5.74) is 1.32. The molecule has 22 heavy (non-hydrogen) atoms. The number of nitrogens with zero attached hydrogens (tertiary/aromatic N) is 2. The molecule has 0 saturated carbocycles. The number of aromatic nitrogens is 2. The largest absolute Gasteiger partial charge is 0.480 e. The number of hydrogen-bond donors (Lipinski definition) is 1. The van der Waals surface area contributed by atoms with E-state index in [1.54, 1.807) is 44.6 Å². The Morgan fingerprint density at radius 2 is 1.82 bits per heavy atom. The smallest absolute Gasteiger partial charge is 0.319 e. The van der Waals surface area contributed by atoms with Crippen LogP contribution < -0.4 is 0 Å². The molecule has 0 amide bonds. The van der Waals surface area contributed by atoms with Gasteiger partial charge in [-0.25, -0.2) is 0 Å². The fraction of sp³-hybridized carbons (Fsp3) is 0.188. The maximum Gasteiger partial charge on any atom is 0.319 e. The van der Waals surface area contributed by atoms with Crippen molar-refractivity contribution in [3.05, 3.63) is 53.1 Å². The first-order valence-electron chi connectivity index (χ1n) is 6.38. The maximum absolute atomic E-state index is 11.3. The molecule has 1 N–H and O–H groups in total. The van der Waals surface area contributed by atoms with Crippen molar-refractivity contribution in [1.82, 2.24) is 9.97 Å². The monoisotopic (exact) mass is 332 g/mol. The zero-order valence-electron chi connectivity index (χ0n) is 12.0. The van der Waals surface area contributed by atoms with Crippen molar-refractivity contribution in [2.75, 3.05) is 0 Å². The van der Waals surface area contributed by atoms with E-state index in [-0.39, 0.29) is 0 Å². The lowest BCUT2D eigenvalue weighted by atomic mass is 10.2. The molecular weight excluding hydrogens is 320 g/mol. The highest BCUT2D eigenvalue weighted by molar-refractivity contribution is 8.01. The second-order valence-corrected chi connectivity index (χ2v) is 6.97. The van der Waals surface area contributed by atoms with Crippen molar-refractivity contribution >= 4 is 29.3 Å². The van der Waals surface area contributed by atoms with Gasteiger partial charge < -0.3 is 5.11 Å². The fourth-order valence-electron chi connectivity index (χ4n) is 1.49. The normalized spacial score (nSPS) is 10.7. The van der Waals surface area contributed by atoms with Gasteiger partial charge in [0.25, 0.3) is 0 Å². The summed E-state index contributed by atoms with van der Waals surface area (Å²) in [5, 5.41) is 9.71. The first-order chi connectivity index (χ1) is 10.4. The van der Waals surface area contributed by atoms with Gasteiger partial charge in [-0.2, -0.15) is 0 Å². The Morgan fingerprint density at radius 1 is 1.18 bits per heavy atom. The Bertz CT molecular complexity index is 766. The Hall–Kier alpha value is -2.03. The Balaban J connectivity index is 2.35. The summed E-state index contributed by atoms with van der Waals surface area (Å²) < 4.78 is -0.952. The summed E-state index contributed by atoms with van der Waals surface area (Å²) in [7, 11) is 0. The number of aliphatic carboxylic acids is 1. The van der Waals surface area contributed by atoms with Crippen LogP contribution in [0.3, 0.4) is 0 Å². The lowest BCUT2D eigenvalue weighted by Gasteiger charge is -2.18. The van der Waals surface area contributed by atoms with Crippen LogP contribution in [-0.4, -0.2) is 25.8 Å². The molecular formula is C16H13ClN2O2S. The minimum atomic E-state index is -0.952. The summed E-state index contributed by atoms with van der Waals surface area (Å²) in [6.07, 6.45) is 6.37. The fourth-order valence-corrected chi connectivity index (χ4v) is 2.64. The standard InChI is InChI=1S/C16H13ClN2O2S/c1-16(2,15(20)21)22-14-6-8-18-9-12(14)4-3-11-5-7-19-10-13(11)17/h5-10H,1-2H3,(H,20,21). The Kier molecular flexibility index (Phi) is 5.07. The average Bonchev–Trinajstić information content (AvgIpc) is 2.47. The van der Waals surface area contributed by atoms with Crippen molar-refractivity contribution in [3.8, 4) is 11.8 Å². The number of carbonyl (C=O) groups is 1. The Labute approximate surface area is 137 Å². The molecule has 0 saturated heterocycles. The van der Waals surface area contributed by atoms with Gasteiger partial charge in [-0.1, -0.05) is 23.4 Å². The topological polar surface area (TPSA) is 63.1 Å². The van der Waals surface area contributed by atoms with Gasteiger partial charge in [0, 0.05) is 35.2 Å². The zero-order chi connectivity index (χ0) is 16.2.